The molecule has 2 unspecified atom stereocenters. The summed E-state index contributed by atoms with van der Waals surface area (Å²) in [6.45, 7) is 6.27. The first-order chi connectivity index (χ1) is 14.7. The molecule has 2 atom stereocenters. The van der Waals surface area contributed by atoms with E-state index in [2.05, 4.69) is 9.88 Å². The molecule has 1 amide bonds. The molecule has 0 spiro atoms. The van der Waals surface area contributed by atoms with E-state index in [1.54, 1.807) is 12.1 Å². The van der Waals surface area contributed by atoms with Gasteiger partial charge in [0.05, 0.1) is 17.7 Å². The van der Waals surface area contributed by atoms with E-state index < -0.39 is 11.4 Å². The van der Waals surface area contributed by atoms with Crippen LogP contribution in [0, 0.1) is 17.1 Å². The number of nitriles is 1. The van der Waals surface area contributed by atoms with E-state index in [1.807, 2.05) is 43.9 Å². The van der Waals surface area contributed by atoms with Gasteiger partial charge in [0.15, 0.2) is 0 Å². The summed E-state index contributed by atoms with van der Waals surface area (Å²) < 4.78 is 25.4. The molecule has 2 aromatic rings. The van der Waals surface area contributed by atoms with E-state index in [0.29, 0.717) is 23.8 Å². The fourth-order valence-corrected chi connectivity index (χ4v) is 4.06. The topological polar surface area (TPSA) is 78.7 Å². The molecule has 3 heterocycles. The van der Waals surface area contributed by atoms with E-state index >= 15 is 0 Å². The zero-order chi connectivity index (χ0) is 22.2. The average Bonchev–Trinajstić information content (AvgIpc) is 3.30. The third-order valence-electron chi connectivity index (χ3n) is 5.40. The number of halogens is 1. The van der Waals surface area contributed by atoms with Crippen LogP contribution in [0.15, 0.2) is 36.4 Å². The maximum Gasteiger partial charge on any atom is 0.412 e. The Kier molecular flexibility index (Phi) is 5.44. The van der Waals surface area contributed by atoms with Crippen molar-refractivity contribution in [3.63, 3.8) is 0 Å². The van der Waals surface area contributed by atoms with Crippen LogP contribution in [0.4, 0.5) is 15.0 Å². The summed E-state index contributed by atoms with van der Waals surface area (Å²) in [5.74, 6) is 0.589. The molecule has 1 aromatic heterocycles. The predicted octanol–water partition coefficient (Wildman–Crippen LogP) is 4.22. The number of ether oxygens (including phenoxy) is 2. The number of hydrogen-bond donors (Lipinski definition) is 0. The Morgan fingerprint density at radius 1 is 1.29 bits per heavy atom. The normalized spacial score (nSPS) is 20.0. The van der Waals surface area contributed by atoms with Crippen LogP contribution in [-0.2, 0) is 11.3 Å². The summed E-state index contributed by atoms with van der Waals surface area (Å²) >= 11 is 0. The van der Waals surface area contributed by atoms with Crippen LogP contribution in [-0.4, -0.2) is 40.3 Å². The second kappa shape index (κ2) is 8.06. The van der Waals surface area contributed by atoms with E-state index in [4.69, 9.17) is 14.7 Å². The van der Waals surface area contributed by atoms with Gasteiger partial charge in [-0.25, -0.2) is 9.18 Å². The Hall–Kier alpha value is -3.34. The van der Waals surface area contributed by atoms with Gasteiger partial charge in [0.2, 0.25) is 5.88 Å². The van der Waals surface area contributed by atoms with Crippen molar-refractivity contribution in [3.05, 3.63) is 53.3 Å². The minimum Gasteiger partial charge on any atom is -0.473 e. The number of carbonyl (C=O) groups excluding carboxylic acids is 1. The molecule has 4 rings (SSSR count). The lowest BCUT2D eigenvalue weighted by molar-refractivity contribution is 0.0220. The highest BCUT2D eigenvalue weighted by Crippen LogP contribution is 2.38. The zero-order valence-electron chi connectivity index (χ0n) is 17.8. The standard InChI is InChI=1S/C23H25FN4O3/c1-23(2,3)31-22(29)28-17-9-10-21(28)27(13-17)19-5-4-6-20(26-19)30-14-16-8-7-15(12-25)11-18(16)24/h4-8,11,17,21H,9-10,13-14H2,1-3H3. The Morgan fingerprint density at radius 2 is 2.10 bits per heavy atom. The second-order valence-corrected chi connectivity index (χ2v) is 8.79. The van der Waals surface area contributed by atoms with Gasteiger partial charge in [-0.05, 0) is 51.8 Å². The van der Waals surface area contributed by atoms with Gasteiger partial charge in [-0.15, -0.1) is 0 Å². The number of nitrogens with zero attached hydrogens (tertiary/aromatic N) is 4. The van der Waals surface area contributed by atoms with Crippen molar-refractivity contribution in [2.24, 2.45) is 0 Å². The minimum atomic E-state index is -0.545. The van der Waals surface area contributed by atoms with Gasteiger partial charge in [0.1, 0.15) is 30.0 Å². The van der Waals surface area contributed by atoms with Gasteiger partial charge in [-0.3, -0.25) is 4.90 Å². The number of fused-ring (bicyclic) bond motifs is 2. The largest absolute Gasteiger partial charge is 0.473 e. The minimum absolute atomic E-state index is 0.00405. The lowest BCUT2D eigenvalue weighted by Gasteiger charge is -2.30. The van der Waals surface area contributed by atoms with Crippen LogP contribution in [0.1, 0.15) is 44.7 Å². The number of benzene rings is 1. The Labute approximate surface area is 181 Å². The smallest absolute Gasteiger partial charge is 0.412 e. The Balaban J connectivity index is 1.45. The van der Waals surface area contributed by atoms with Gasteiger partial charge in [0, 0.05) is 18.2 Å². The highest BCUT2D eigenvalue weighted by Gasteiger charge is 2.49. The van der Waals surface area contributed by atoms with Gasteiger partial charge >= 0.3 is 6.09 Å². The summed E-state index contributed by atoms with van der Waals surface area (Å²) in [4.78, 5) is 21.2. The summed E-state index contributed by atoms with van der Waals surface area (Å²) in [6, 6.07) is 11.7. The average molecular weight is 424 g/mol. The molecule has 2 fully saturated rings. The first kappa shape index (κ1) is 20.9. The molecule has 0 radical (unpaired) electrons. The Bertz CT molecular complexity index is 1030. The molecule has 0 N–H and O–H groups in total. The summed E-state index contributed by atoms with van der Waals surface area (Å²) in [7, 11) is 0. The first-order valence-electron chi connectivity index (χ1n) is 10.3. The van der Waals surface area contributed by atoms with Crippen LogP contribution in [0.2, 0.25) is 0 Å². The number of hydrogen-bond acceptors (Lipinski definition) is 6. The highest BCUT2D eigenvalue weighted by atomic mass is 19.1. The van der Waals surface area contributed by atoms with Crippen LogP contribution in [0.5, 0.6) is 5.88 Å². The predicted molar refractivity (Wildman–Crippen MR) is 112 cm³/mol. The number of aromatic nitrogens is 1. The van der Waals surface area contributed by atoms with E-state index in [-0.39, 0.29) is 30.5 Å². The molecular weight excluding hydrogens is 399 g/mol. The monoisotopic (exact) mass is 424 g/mol. The highest BCUT2D eigenvalue weighted by molar-refractivity contribution is 5.71. The molecule has 2 bridgehead atoms. The van der Waals surface area contributed by atoms with E-state index in [0.717, 1.165) is 12.8 Å². The maximum absolute atomic E-state index is 14.1. The molecular formula is C23H25FN4O3. The first-order valence-corrected chi connectivity index (χ1v) is 10.3. The summed E-state index contributed by atoms with van der Waals surface area (Å²) in [5.41, 5.74) is 0.0685. The molecule has 7 nitrogen and oxygen atoms in total. The molecule has 0 saturated carbocycles. The molecule has 2 aliphatic heterocycles. The number of carbonyl (C=O) groups is 1. The van der Waals surface area contributed by atoms with Gasteiger partial charge in [-0.2, -0.15) is 10.2 Å². The Morgan fingerprint density at radius 3 is 2.81 bits per heavy atom. The molecule has 0 aliphatic carbocycles. The molecule has 2 saturated heterocycles. The van der Waals surface area contributed by atoms with Crippen LogP contribution in [0.3, 0.4) is 0 Å². The maximum atomic E-state index is 14.1. The fourth-order valence-electron chi connectivity index (χ4n) is 4.06. The molecule has 31 heavy (non-hydrogen) atoms. The van der Waals surface area contributed by atoms with Crippen molar-refractivity contribution in [2.75, 3.05) is 11.4 Å². The van der Waals surface area contributed by atoms with Gasteiger partial charge in [-0.1, -0.05) is 12.1 Å². The van der Waals surface area contributed by atoms with Gasteiger partial charge in [0.25, 0.3) is 0 Å². The molecule has 162 valence electrons. The zero-order valence-corrected chi connectivity index (χ0v) is 17.8. The molecule has 2 aliphatic rings. The van der Waals surface area contributed by atoms with Crippen molar-refractivity contribution in [1.29, 1.82) is 5.26 Å². The van der Waals surface area contributed by atoms with Crippen molar-refractivity contribution >= 4 is 11.9 Å². The van der Waals surface area contributed by atoms with Crippen molar-refractivity contribution in [3.8, 4) is 11.9 Å². The fraction of sp³-hybridized carbons (Fsp3) is 0.435. The van der Waals surface area contributed by atoms with Crippen LogP contribution >= 0.6 is 0 Å². The summed E-state index contributed by atoms with van der Waals surface area (Å²) in [6.07, 6.45) is 1.39. The lowest BCUT2D eigenvalue weighted by atomic mass is 10.1. The lowest BCUT2D eigenvalue weighted by Crippen LogP contribution is -2.42. The summed E-state index contributed by atoms with van der Waals surface area (Å²) in [5, 5.41) is 8.85. The number of anilines is 1. The second-order valence-electron chi connectivity index (χ2n) is 8.79. The van der Waals surface area contributed by atoms with Crippen LogP contribution in [0.25, 0.3) is 0 Å². The quantitative estimate of drug-likeness (QED) is 0.731. The van der Waals surface area contributed by atoms with E-state index in [9.17, 15) is 9.18 Å². The third kappa shape index (κ3) is 4.41. The number of pyridine rings is 1. The van der Waals surface area contributed by atoms with Gasteiger partial charge < -0.3 is 14.4 Å². The molecule has 8 heteroatoms. The van der Waals surface area contributed by atoms with Crippen molar-refractivity contribution in [2.45, 2.75) is 58.0 Å². The number of amides is 1. The van der Waals surface area contributed by atoms with E-state index in [1.165, 1.54) is 12.1 Å². The van der Waals surface area contributed by atoms with Crippen molar-refractivity contribution < 1.29 is 18.7 Å². The number of piperidine rings is 1. The SMILES string of the molecule is CC(C)(C)OC(=O)N1C2CCC1N(c1cccc(OCc3ccc(C#N)cc3F)n1)C2. The molecule has 1 aromatic carbocycles. The third-order valence-corrected chi connectivity index (χ3v) is 5.40. The number of rotatable bonds is 4. The van der Waals surface area contributed by atoms with Crippen LogP contribution < -0.4 is 9.64 Å². The van der Waals surface area contributed by atoms with Crippen molar-refractivity contribution in [1.82, 2.24) is 9.88 Å².